The fraction of sp³-hybridized carbons (Fsp3) is 0.167. The third-order valence-electron chi connectivity index (χ3n) is 3.21. The molecule has 3 heteroatoms. The van der Waals surface area contributed by atoms with Gasteiger partial charge in [0.05, 0.1) is 0 Å². The molecule has 2 aromatic rings. The van der Waals surface area contributed by atoms with E-state index in [4.69, 9.17) is 5.11 Å². The summed E-state index contributed by atoms with van der Waals surface area (Å²) in [6, 6.07) is 14.8. The zero-order valence-corrected chi connectivity index (χ0v) is 11.8. The predicted molar refractivity (Wildman–Crippen MR) is 84.9 cm³/mol. The Morgan fingerprint density at radius 3 is 2.86 bits per heavy atom. The van der Waals surface area contributed by atoms with E-state index in [0.29, 0.717) is 6.54 Å². The van der Waals surface area contributed by atoms with Crippen LogP contribution in [-0.4, -0.2) is 17.6 Å². The molecule has 2 rings (SSSR count). The summed E-state index contributed by atoms with van der Waals surface area (Å²) in [5.41, 5.74) is 1.25. The SMILES string of the molecule is CC(NC/C=C\C#CC(=O)O)c1cccc2ccccc12. The molecule has 0 aliphatic heterocycles. The van der Waals surface area contributed by atoms with Crippen molar-refractivity contribution >= 4 is 16.7 Å². The molecule has 3 nitrogen and oxygen atoms in total. The van der Waals surface area contributed by atoms with Gasteiger partial charge in [-0.1, -0.05) is 54.5 Å². The number of carboxylic acid groups (broad SMARTS) is 1. The second-order valence-electron chi connectivity index (χ2n) is 4.68. The van der Waals surface area contributed by atoms with Gasteiger partial charge in [0.1, 0.15) is 0 Å². The van der Waals surface area contributed by atoms with Crippen LogP contribution in [0.3, 0.4) is 0 Å². The maximum absolute atomic E-state index is 10.2. The molecule has 1 atom stereocenters. The Morgan fingerprint density at radius 1 is 1.29 bits per heavy atom. The van der Waals surface area contributed by atoms with Gasteiger partial charge in [-0.15, -0.1) is 0 Å². The minimum Gasteiger partial charge on any atom is -0.472 e. The van der Waals surface area contributed by atoms with E-state index in [1.807, 2.05) is 24.1 Å². The maximum atomic E-state index is 10.2. The van der Waals surface area contributed by atoms with Crippen LogP contribution in [0.25, 0.3) is 10.8 Å². The summed E-state index contributed by atoms with van der Waals surface area (Å²) in [4.78, 5) is 10.2. The van der Waals surface area contributed by atoms with E-state index in [-0.39, 0.29) is 6.04 Å². The Labute approximate surface area is 124 Å². The van der Waals surface area contributed by atoms with Gasteiger partial charge in [-0.3, -0.25) is 0 Å². The Morgan fingerprint density at radius 2 is 2.05 bits per heavy atom. The van der Waals surface area contributed by atoms with Crippen LogP contribution < -0.4 is 5.32 Å². The monoisotopic (exact) mass is 279 g/mol. The summed E-state index contributed by atoms with van der Waals surface area (Å²) in [5, 5.41) is 14.2. The lowest BCUT2D eigenvalue weighted by atomic mass is 10.00. The highest BCUT2D eigenvalue weighted by Crippen LogP contribution is 2.23. The molecule has 21 heavy (non-hydrogen) atoms. The number of benzene rings is 2. The average Bonchev–Trinajstić information content (AvgIpc) is 2.49. The molecular formula is C18H17NO2. The molecule has 0 saturated carbocycles. The highest BCUT2D eigenvalue weighted by Gasteiger charge is 2.07. The molecule has 0 amide bonds. The summed E-state index contributed by atoms with van der Waals surface area (Å²) in [7, 11) is 0. The van der Waals surface area contributed by atoms with Crippen LogP contribution in [0.1, 0.15) is 18.5 Å². The molecule has 2 aromatic carbocycles. The molecule has 0 saturated heterocycles. The third-order valence-corrected chi connectivity index (χ3v) is 3.21. The van der Waals surface area contributed by atoms with Gasteiger partial charge < -0.3 is 10.4 Å². The van der Waals surface area contributed by atoms with Crippen molar-refractivity contribution in [3.05, 3.63) is 60.2 Å². The zero-order valence-electron chi connectivity index (χ0n) is 11.8. The van der Waals surface area contributed by atoms with E-state index >= 15 is 0 Å². The first kappa shape index (κ1) is 14.8. The molecule has 0 aromatic heterocycles. The highest BCUT2D eigenvalue weighted by atomic mass is 16.4. The summed E-state index contributed by atoms with van der Waals surface area (Å²) in [6.45, 7) is 2.75. The third kappa shape index (κ3) is 4.20. The number of nitrogens with one attached hydrogen (secondary N) is 1. The number of allylic oxidation sites excluding steroid dienone is 1. The number of carbonyl (C=O) groups is 1. The average molecular weight is 279 g/mol. The molecule has 0 aliphatic carbocycles. The van der Waals surface area contributed by atoms with Gasteiger partial charge in [0.25, 0.3) is 0 Å². The molecule has 0 spiro atoms. The molecular weight excluding hydrogens is 262 g/mol. The number of hydrogen-bond donors (Lipinski definition) is 2. The maximum Gasteiger partial charge on any atom is 0.382 e. The lowest BCUT2D eigenvalue weighted by Gasteiger charge is -2.15. The van der Waals surface area contributed by atoms with Crippen molar-refractivity contribution in [2.75, 3.05) is 6.54 Å². The minimum atomic E-state index is -1.11. The van der Waals surface area contributed by atoms with Crippen LogP contribution in [0.5, 0.6) is 0 Å². The molecule has 0 radical (unpaired) electrons. The summed E-state index contributed by atoms with van der Waals surface area (Å²) in [5.74, 6) is 3.39. The van der Waals surface area contributed by atoms with E-state index in [1.165, 1.54) is 16.3 Å². The standard InChI is InChI=1S/C18H17NO2/c1-14(19-13-6-2-3-12-18(20)21)16-11-7-9-15-8-4-5-10-17(15)16/h2,4-11,14,19H,13H2,1H3,(H,20,21)/b6-2-. The van der Waals surface area contributed by atoms with Gasteiger partial charge in [0, 0.05) is 18.5 Å². The fourth-order valence-electron chi connectivity index (χ4n) is 2.20. The van der Waals surface area contributed by atoms with Crippen LogP contribution in [-0.2, 0) is 4.79 Å². The van der Waals surface area contributed by atoms with Crippen molar-refractivity contribution in [1.82, 2.24) is 5.32 Å². The molecule has 2 N–H and O–H groups in total. The first-order chi connectivity index (χ1) is 10.2. The number of carboxylic acids is 1. The van der Waals surface area contributed by atoms with E-state index < -0.39 is 5.97 Å². The van der Waals surface area contributed by atoms with Crippen LogP contribution in [0.4, 0.5) is 0 Å². The van der Waals surface area contributed by atoms with E-state index in [0.717, 1.165) is 0 Å². The van der Waals surface area contributed by atoms with Gasteiger partial charge >= 0.3 is 5.97 Å². The number of aliphatic carboxylic acids is 1. The van der Waals surface area contributed by atoms with Crippen LogP contribution >= 0.6 is 0 Å². The second-order valence-corrected chi connectivity index (χ2v) is 4.68. The molecule has 1 unspecified atom stereocenters. The van der Waals surface area contributed by atoms with Gasteiger partial charge in [-0.05, 0) is 29.3 Å². The lowest BCUT2D eigenvalue weighted by Crippen LogP contribution is -2.18. The van der Waals surface area contributed by atoms with E-state index in [2.05, 4.69) is 48.5 Å². The molecule has 0 heterocycles. The highest BCUT2D eigenvalue weighted by molar-refractivity contribution is 5.87. The number of fused-ring (bicyclic) bond motifs is 1. The normalized spacial score (nSPS) is 12.0. The van der Waals surface area contributed by atoms with Crippen molar-refractivity contribution < 1.29 is 9.90 Å². The Kier molecular flexibility index (Phi) is 5.14. The van der Waals surface area contributed by atoms with Gasteiger partial charge in [0.2, 0.25) is 0 Å². The molecule has 0 aliphatic rings. The first-order valence-electron chi connectivity index (χ1n) is 6.79. The van der Waals surface area contributed by atoms with Crippen molar-refractivity contribution in [2.45, 2.75) is 13.0 Å². The number of hydrogen-bond acceptors (Lipinski definition) is 2. The number of rotatable bonds is 4. The molecule has 0 fully saturated rings. The van der Waals surface area contributed by atoms with E-state index in [1.54, 1.807) is 6.08 Å². The summed E-state index contributed by atoms with van der Waals surface area (Å²) < 4.78 is 0. The zero-order chi connectivity index (χ0) is 15.1. The van der Waals surface area contributed by atoms with Gasteiger partial charge in [-0.2, -0.15) is 0 Å². The first-order valence-corrected chi connectivity index (χ1v) is 6.79. The quantitative estimate of drug-likeness (QED) is 0.845. The lowest BCUT2D eigenvalue weighted by molar-refractivity contribution is -0.130. The Bertz CT molecular complexity index is 717. The minimum absolute atomic E-state index is 0.202. The smallest absolute Gasteiger partial charge is 0.382 e. The Balaban J connectivity index is 2.02. The summed E-state index contributed by atoms with van der Waals surface area (Å²) >= 11 is 0. The second kappa shape index (κ2) is 7.28. The largest absolute Gasteiger partial charge is 0.472 e. The van der Waals surface area contributed by atoms with Crippen molar-refractivity contribution in [3.8, 4) is 11.8 Å². The van der Waals surface area contributed by atoms with Gasteiger partial charge in [-0.25, -0.2) is 4.79 Å². The summed E-state index contributed by atoms with van der Waals surface area (Å²) in [6.07, 6.45) is 3.37. The predicted octanol–water partition coefficient (Wildman–Crippen LogP) is 3.13. The van der Waals surface area contributed by atoms with Crippen LogP contribution in [0, 0.1) is 11.8 Å². The van der Waals surface area contributed by atoms with Crippen molar-refractivity contribution in [2.24, 2.45) is 0 Å². The van der Waals surface area contributed by atoms with Crippen molar-refractivity contribution in [3.63, 3.8) is 0 Å². The van der Waals surface area contributed by atoms with E-state index in [9.17, 15) is 4.79 Å². The van der Waals surface area contributed by atoms with Crippen LogP contribution in [0.15, 0.2) is 54.6 Å². The fourth-order valence-corrected chi connectivity index (χ4v) is 2.20. The Hall–Kier alpha value is -2.57. The molecule has 0 bridgehead atoms. The van der Waals surface area contributed by atoms with Crippen LogP contribution in [0.2, 0.25) is 0 Å². The molecule has 106 valence electrons. The topological polar surface area (TPSA) is 49.3 Å². The van der Waals surface area contributed by atoms with Crippen molar-refractivity contribution in [1.29, 1.82) is 0 Å². The van der Waals surface area contributed by atoms with Gasteiger partial charge in [0.15, 0.2) is 0 Å².